The Bertz CT molecular complexity index is 873. The van der Waals surface area contributed by atoms with Gasteiger partial charge >= 0.3 is 11.9 Å². The fraction of sp³-hybridized carbons (Fsp3) is 0.500. The molecular weight excluding hydrogens is 406 g/mol. The molecule has 7 nitrogen and oxygen atoms in total. The average molecular weight is 436 g/mol. The summed E-state index contributed by atoms with van der Waals surface area (Å²) < 4.78 is 17.0. The lowest BCUT2D eigenvalue weighted by Crippen LogP contribution is -2.33. The van der Waals surface area contributed by atoms with Gasteiger partial charge in [0.15, 0.2) is 5.75 Å². The van der Waals surface area contributed by atoms with E-state index >= 15 is 0 Å². The summed E-state index contributed by atoms with van der Waals surface area (Å²) in [6.07, 6.45) is 2.84. The highest BCUT2D eigenvalue weighted by Crippen LogP contribution is 2.43. The zero-order valence-electron chi connectivity index (χ0n) is 18.2. The number of rotatable bonds is 9. The third kappa shape index (κ3) is 5.11. The number of aliphatic carboxylic acids is 1. The van der Waals surface area contributed by atoms with E-state index in [1.165, 1.54) is 0 Å². The van der Waals surface area contributed by atoms with E-state index in [9.17, 15) is 9.59 Å². The molecule has 0 radical (unpaired) electrons. The molecule has 0 fully saturated rings. The first-order chi connectivity index (χ1) is 14.2. The molecule has 0 amide bonds. The Morgan fingerprint density at radius 3 is 2.50 bits per heavy atom. The van der Waals surface area contributed by atoms with Crippen molar-refractivity contribution in [3.8, 4) is 11.5 Å². The smallest absolute Gasteiger partial charge is 0.342 e. The van der Waals surface area contributed by atoms with Gasteiger partial charge in [-0.1, -0.05) is 11.6 Å². The number of nitrogens with zero attached hydrogens (tertiary/aromatic N) is 1. The van der Waals surface area contributed by atoms with Gasteiger partial charge in [-0.25, -0.2) is 4.79 Å². The molecule has 2 rings (SSSR count). The van der Waals surface area contributed by atoms with Crippen molar-refractivity contribution < 1.29 is 28.9 Å². The minimum absolute atomic E-state index is 0.0599. The van der Waals surface area contributed by atoms with Crippen LogP contribution < -0.4 is 9.47 Å². The fourth-order valence-electron chi connectivity index (χ4n) is 3.44. The van der Waals surface area contributed by atoms with E-state index in [4.69, 9.17) is 31.5 Å². The summed E-state index contributed by atoms with van der Waals surface area (Å²) in [5.41, 5.74) is 3.57. The summed E-state index contributed by atoms with van der Waals surface area (Å²) in [5, 5.41) is 9.18. The lowest BCUT2D eigenvalue weighted by molar-refractivity contribution is -0.136. The third-order valence-corrected chi connectivity index (χ3v) is 5.57. The Morgan fingerprint density at radius 2 is 1.93 bits per heavy atom. The van der Waals surface area contributed by atoms with Gasteiger partial charge in [-0.3, -0.25) is 4.79 Å². The molecule has 1 heterocycles. The lowest BCUT2D eigenvalue weighted by Gasteiger charge is -2.24. The van der Waals surface area contributed by atoms with Gasteiger partial charge in [-0.2, -0.15) is 0 Å². The molecule has 0 aliphatic carbocycles. The van der Waals surface area contributed by atoms with E-state index in [2.05, 4.69) is 0 Å². The van der Waals surface area contributed by atoms with Crippen molar-refractivity contribution in [1.29, 1.82) is 0 Å². The molecule has 0 atom stereocenters. The molecule has 1 N–H and O–H groups in total. The number of esters is 1. The number of benzene rings is 1. The molecular formula is C22H29NO6S. The van der Waals surface area contributed by atoms with Crippen LogP contribution in [0.3, 0.4) is 0 Å². The molecule has 1 aromatic rings. The van der Waals surface area contributed by atoms with Crippen LogP contribution in [0.4, 0.5) is 0 Å². The van der Waals surface area contributed by atoms with Crippen LogP contribution in [-0.4, -0.2) is 47.3 Å². The number of carboxylic acids is 1. The van der Waals surface area contributed by atoms with E-state index in [0.29, 0.717) is 48.6 Å². The standard InChI is InChI=1S/C22H29NO6S/c1-6-23(7-2)22(30)29-20-15(10-8-13(3)9-11-17(24)25)19(27-5)14(4)16-12-28-21(26)18(16)20/h8H,6-7,9-12H2,1-5H3,(H,24,25). The number of carbonyl (C=O) groups excluding carboxylic acids is 1. The number of hydrogen-bond donors (Lipinski definition) is 1. The SMILES string of the molecule is CCN(CC)C(=S)Oc1c(CC=C(C)CCC(=O)O)c(OC)c(C)c2c1C(=O)OC2. The molecule has 0 aromatic heterocycles. The van der Waals surface area contributed by atoms with E-state index < -0.39 is 11.9 Å². The number of thiocarbonyl (C=S) groups is 1. The second-order valence-corrected chi connectivity index (χ2v) is 7.43. The largest absolute Gasteiger partial charge is 0.496 e. The number of methoxy groups -OCH3 is 1. The molecule has 1 aliphatic heterocycles. The van der Waals surface area contributed by atoms with Gasteiger partial charge in [0, 0.05) is 30.6 Å². The van der Waals surface area contributed by atoms with Gasteiger partial charge in [0.05, 0.1) is 7.11 Å². The number of ether oxygens (including phenoxy) is 3. The van der Waals surface area contributed by atoms with E-state index in [0.717, 1.165) is 16.7 Å². The predicted octanol–water partition coefficient (Wildman–Crippen LogP) is 4.03. The average Bonchev–Trinajstić information content (AvgIpc) is 3.10. The van der Waals surface area contributed by atoms with E-state index in [1.807, 2.05) is 38.7 Å². The maximum Gasteiger partial charge on any atom is 0.342 e. The van der Waals surface area contributed by atoms with Gasteiger partial charge in [-0.05, 0) is 58.3 Å². The Balaban J connectivity index is 2.55. The van der Waals surface area contributed by atoms with Crippen molar-refractivity contribution in [3.05, 3.63) is 33.9 Å². The van der Waals surface area contributed by atoms with Crippen LogP contribution in [0.1, 0.15) is 60.7 Å². The Morgan fingerprint density at radius 1 is 1.27 bits per heavy atom. The molecule has 0 bridgehead atoms. The molecule has 1 aromatic carbocycles. The zero-order chi connectivity index (χ0) is 22.4. The molecule has 0 spiro atoms. The Kier molecular flexibility index (Phi) is 8.23. The zero-order valence-corrected chi connectivity index (χ0v) is 19.0. The summed E-state index contributed by atoms with van der Waals surface area (Å²) in [4.78, 5) is 25.2. The number of carboxylic acid groups (broad SMARTS) is 1. The quantitative estimate of drug-likeness (QED) is 0.353. The molecule has 0 saturated heterocycles. The fourth-order valence-corrected chi connectivity index (χ4v) is 3.78. The summed E-state index contributed by atoms with van der Waals surface area (Å²) in [6.45, 7) is 9.23. The number of fused-ring (bicyclic) bond motifs is 1. The maximum absolute atomic E-state index is 12.5. The van der Waals surface area contributed by atoms with Crippen molar-refractivity contribution in [2.24, 2.45) is 0 Å². The van der Waals surface area contributed by atoms with Crippen molar-refractivity contribution in [2.45, 2.75) is 53.6 Å². The second kappa shape index (κ2) is 10.4. The van der Waals surface area contributed by atoms with Crippen molar-refractivity contribution in [1.82, 2.24) is 4.90 Å². The molecule has 0 unspecified atom stereocenters. The number of cyclic esters (lactones) is 1. The Labute approximate surface area is 182 Å². The van der Waals surface area contributed by atoms with Crippen LogP contribution in [0, 0.1) is 6.92 Å². The minimum atomic E-state index is -0.843. The number of allylic oxidation sites excluding steroid dienone is 2. The minimum Gasteiger partial charge on any atom is -0.496 e. The predicted molar refractivity (Wildman–Crippen MR) is 117 cm³/mol. The molecule has 1 aliphatic rings. The third-order valence-electron chi connectivity index (χ3n) is 5.22. The highest BCUT2D eigenvalue weighted by molar-refractivity contribution is 7.80. The molecule has 164 valence electrons. The monoisotopic (exact) mass is 435 g/mol. The highest BCUT2D eigenvalue weighted by Gasteiger charge is 2.34. The summed E-state index contributed by atoms with van der Waals surface area (Å²) >= 11 is 5.47. The van der Waals surface area contributed by atoms with Crippen LogP contribution in [0.25, 0.3) is 0 Å². The first kappa shape index (κ1) is 23.7. The second-order valence-electron chi connectivity index (χ2n) is 7.08. The first-order valence-corrected chi connectivity index (χ1v) is 10.4. The van der Waals surface area contributed by atoms with Crippen LogP contribution >= 0.6 is 12.2 Å². The van der Waals surface area contributed by atoms with Crippen molar-refractivity contribution in [2.75, 3.05) is 20.2 Å². The highest BCUT2D eigenvalue weighted by atomic mass is 32.1. The lowest BCUT2D eigenvalue weighted by atomic mass is 9.94. The first-order valence-electron chi connectivity index (χ1n) is 9.98. The number of carbonyl (C=O) groups is 2. The summed E-state index contributed by atoms with van der Waals surface area (Å²) in [6, 6.07) is 0. The Hall–Kier alpha value is -2.61. The normalized spacial score (nSPS) is 13.0. The van der Waals surface area contributed by atoms with Gasteiger partial charge in [-0.15, -0.1) is 0 Å². The van der Waals surface area contributed by atoms with Crippen LogP contribution in [0.2, 0.25) is 0 Å². The molecule has 8 heteroatoms. The summed E-state index contributed by atoms with van der Waals surface area (Å²) in [5.74, 6) is -0.313. The van der Waals surface area contributed by atoms with Crippen LogP contribution in [0.5, 0.6) is 11.5 Å². The van der Waals surface area contributed by atoms with E-state index in [1.54, 1.807) is 7.11 Å². The number of hydrogen-bond acceptors (Lipinski definition) is 6. The van der Waals surface area contributed by atoms with Gasteiger partial charge in [0.25, 0.3) is 5.17 Å². The summed E-state index contributed by atoms with van der Waals surface area (Å²) in [7, 11) is 1.57. The molecule has 30 heavy (non-hydrogen) atoms. The van der Waals surface area contributed by atoms with Crippen molar-refractivity contribution >= 4 is 29.3 Å². The van der Waals surface area contributed by atoms with Gasteiger partial charge in [0.2, 0.25) is 0 Å². The van der Waals surface area contributed by atoms with Crippen LogP contribution in [0.15, 0.2) is 11.6 Å². The van der Waals surface area contributed by atoms with Gasteiger partial charge < -0.3 is 24.2 Å². The molecule has 0 saturated carbocycles. The topological polar surface area (TPSA) is 85.3 Å². The van der Waals surface area contributed by atoms with Crippen LogP contribution in [-0.2, 0) is 22.6 Å². The maximum atomic E-state index is 12.5. The van der Waals surface area contributed by atoms with Crippen molar-refractivity contribution in [3.63, 3.8) is 0 Å². The van der Waals surface area contributed by atoms with E-state index in [-0.39, 0.29) is 18.2 Å². The van der Waals surface area contributed by atoms with Gasteiger partial charge in [0.1, 0.15) is 17.9 Å².